The SMILES string of the molecule is CC(=O)OC1CCC(C(=O)OCCOC(=O)C(F)(F)S(=O)(=O)O)CC1. The molecule has 0 aromatic rings. The quantitative estimate of drug-likeness (QED) is 0.289. The Bertz CT molecular complexity index is 609. The van der Waals surface area contributed by atoms with Crippen molar-refractivity contribution in [3.05, 3.63) is 0 Å². The van der Waals surface area contributed by atoms with Crippen molar-refractivity contribution in [1.29, 1.82) is 0 Å². The van der Waals surface area contributed by atoms with Gasteiger partial charge in [0.1, 0.15) is 19.3 Å². The summed E-state index contributed by atoms with van der Waals surface area (Å²) in [6.07, 6.45) is 1.53. The summed E-state index contributed by atoms with van der Waals surface area (Å²) in [6, 6.07) is 0. The lowest BCUT2D eigenvalue weighted by Gasteiger charge is -2.26. The van der Waals surface area contributed by atoms with E-state index in [-0.39, 0.29) is 6.10 Å². The molecule has 1 fully saturated rings. The number of carbonyl (C=O) groups is 3. The molecule has 0 aromatic heterocycles. The molecular formula is C13H18F2O9S. The van der Waals surface area contributed by atoms with E-state index in [2.05, 4.69) is 4.74 Å². The van der Waals surface area contributed by atoms with Crippen LogP contribution in [-0.2, 0) is 38.7 Å². The van der Waals surface area contributed by atoms with Gasteiger partial charge in [0.05, 0.1) is 5.92 Å². The topological polar surface area (TPSA) is 133 Å². The summed E-state index contributed by atoms with van der Waals surface area (Å²) in [5.74, 6) is -3.96. The van der Waals surface area contributed by atoms with E-state index in [0.717, 1.165) is 0 Å². The smallest absolute Gasteiger partial charge is 0.463 e. The number of hydrogen-bond acceptors (Lipinski definition) is 8. The van der Waals surface area contributed by atoms with Gasteiger partial charge in [0.25, 0.3) is 0 Å². The number of carbonyl (C=O) groups excluding carboxylic acids is 3. The summed E-state index contributed by atoms with van der Waals surface area (Å²) in [6.45, 7) is -0.0539. The highest BCUT2D eigenvalue weighted by atomic mass is 32.2. The Balaban J connectivity index is 2.30. The zero-order chi connectivity index (χ0) is 19.3. The van der Waals surface area contributed by atoms with Gasteiger partial charge in [-0.1, -0.05) is 0 Å². The first-order valence-corrected chi connectivity index (χ1v) is 8.75. The van der Waals surface area contributed by atoms with Crippen molar-refractivity contribution >= 4 is 28.0 Å². The highest BCUT2D eigenvalue weighted by Gasteiger charge is 2.54. The molecule has 1 aliphatic carbocycles. The fourth-order valence-electron chi connectivity index (χ4n) is 2.23. The van der Waals surface area contributed by atoms with E-state index in [4.69, 9.17) is 14.0 Å². The van der Waals surface area contributed by atoms with E-state index in [1.807, 2.05) is 0 Å². The van der Waals surface area contributed by atoms with Crippen LogP contribution in [0.1, 0.15) is 32.6 Å². The Morgan fingerprint density at radius 3 is 2.08 bits per heavy atom. The van der Waals surface area contributed by atoms with E-state index in [1.165, 1.54) is 6.92 Å². The lowest BCUT2D eigenvalue weighted by Crippen LogP contribution is -2.39. The zero-order valence-corrected chi connectivity index (χ0v) is 14.1. The summed E-state index contributed by atoms with van der Waals surface area (Å²) in [5.41, 5.74) is 0. The molecule has 25 heavy (non-hydrogen) atoms. The van der Waals surface area contributed by atoms with Gasteiger partial charge in [-0.15, -0.1) is 0 Å². The van der Waals surface area contributed by atoms with Crippen LogP contribution in [0.3, 0.4) is 0 Å². The normalized spacial score (nSPS) is 21.3. The number of rotatable bonds is 7. The van der Waals surface area contributed by atoms with Gasteiger partial charge in [-0.2, -0.15) is 17.2 Å². The molecule has 1 rings (SSSR count). The van der Waals surface area contributed by atoms with Gasteiger partial charge < -0.3 is 14.2 Å². The van der Waals surface area contributed by atoms with Gasteiger partial charge in [-0.05, 0) is 25.7 Å². The fraction of sp³-hybridized carbons (Fsp3) is 0.769. The Hall–Kier alpha value is -1.82. The molecule has 0 spiro atoms. The second-order valence-corrected chi connectivity index (χ2v) is 6.84. The summed E-state index contributed by atoms with van der Waals surface area (Å²) >= 11 is 0. The van der Waals surface area contributed by atoms with Crippen LogP contribution in [0.15, 0.2) is 0 Å². The van der Waals surface area contributed by atoms with E-state index in [0.29, 0.717) is 25.7 Å². The predicted molar refractivity (Wildman–Crippen MR) is 75.9 cm³/mol. The summed E-state index contributed by atoms with van der Waals surface area (Å²) < 4.78 is 68.4. The highest BCUT2D eigenvalue weighted by molar-refractivity contribution is 7.87. The van der Waals surface area contributed by atoms with Crippen LogP contribution in [0, 0.1) is 5.92 Å². The number of alkyl halides is 2. The largest absolute Gasteiger partial charge is 0.465 e. The van der Waals surface area contributed by atoms with Gasteiger partial charge in [-0.25, -0.2) is 4.79 Å². The van der Waals surface area contributed by atoms with Crippen LogP contribution in [0.25, 0.3) is 0 Å². The molecule has 1 aliphatic rings. The van der Waals surface area contributed by atoms with E-state index < -0.39 is 52.4 Å². The fourth-order valence-corrected chi connectivity index (χ4v) is 2.50. The maximum absolute atomic E-state index is 12.9. The van der Waals surface area contributed by atoms with E-state index >= 15 is 0 Å². The third-order valence-electron chi connectivity index (χ3n) is 3.46. The third kappa shape index (κ3) is 6.20. The number of halogens is 2. The van der Waals surface area contributed by atoms with Crippen molar-refractivity contribution in [2.75, 3.05) is 13.2 Å². The Morgan fingerprint density at radius 1 is 1.08 bits per heavy atom. The molecule has 0 heterocycles. The first-order valence-electron chi connectivity index (χ1n) is 7.31. The summed E-state index contributed by atoms with van der Waals surface area (Å²) in [5, 5.41) is -5.09. The van der Waals surface area contributed by atoms with Crippen LogP contribution >= 0.6 is 0 Å². The molecule has 1 N–H and O–H groups in total. The monoisotopic (exact) mass is 388 g/mol. The van der Waals surface area contributed by atoms with Gasteiger partial charge in [0, 0.05) is 6.92 Å². The summed E-state index contributed by atoms with van der Waals surface area (Å²) in [7, 11) is -5.94. The highest BCUT2D eigenvalue weighted by Crippen LogP contribution is 2.27. The molecule has 1 saturated carbocycles. The van der Waals surface area contributed by atoms with E-state index in [9.17, 15) is 31.6 Å². The number of ether oxygens (including phenoxy) is 3. The molecule has 9 nitrogen and oxygen atoms in total. The van der Waals surface area contributed by atoms with Crippen molar-refractivity contribution in [2.24, 2.45) is 5.92 Å². The maximum Gasteiger partial charge on any atom is 0.465 e. The molecule has 144 valence electrons. The average Bonchev–Trinajstić information content (AvgIpc) is 2.50. The van der Waals surface area contributed by atoms with Crippen molar-refractivity contribution in [1.82, 2.24) is 0 Å². The summed E-state index contributed by atoms with van der Waals surface area (Å²) in [4.78, 5) is 33.5. The molecule has 0 aliphatic heterocycles. The molecule has 0 unspecified atom stereocenters. The standard InChI is InChI=1S/C13H18F2O9S/c1-8(16)24-10-4-2-9(3-5-10)11(17)22-6-7-23-12(18)13(14,15)25(19,20)21/h9-10H,2-7H2,1H3,(H,19,20,21). The second kappa shape index (κ2) is 8.52. The molecule has 0 atom stereocenters. The molecule has 12 heteroatoms. The molecular weight excluding hydrogens is 370 g/mol. The van der Waals surface area contributed by atoms with Gasteiger partial charge in [0.2, 0.25) is 0 Å². The second-order valence-electron chi connectivity index (χ2n) is 5.38. The Kier molecular flexibility index (Phi) is 7.23. The minimum Gasteiger partial charge on any atom is -0.463 e. The Morgan fingerprint density at radius 2 is 1.60 bits per heavy atom. The average molecular weight is 388 g/mol. The molecule has 0 bridgehead atoms. The van der Waals surface area contributed by atoms with Crippen molar-refractivity contribution in [2.45, 2.75) is 44.0 Å². The first kappa shape index (κ1) is 21.2. The molecule has 0 aromatic carbocycles. The minimum absolute atomic E-state index is 0.259. The van der Waals surface area contributed by atoms with Crippen LogP contribution in [0.2, 0.25) is 0 Å². The first-order chi connectivity index (χ1) is 11.4. The molecule has 0 saturated heterocycles. The van der Waals surface area contributed by atoms with Crippen molar-refractivity contribution in [3.63, 3.8) is 0 Å². The van der Waals surface area contributed by atoms with Crippen LogP contribution in [0.4, 0.5) is 8.78 Å². The number of hydrogen-bond donors (Lipinski definition) is 1. The van der Waals surface area contributed by atoms with Gasteiger partial charge >= 0.3 is 33.3 Å². The van der Waals surface area contributed by atoms with Gasteiger partial charge in [0.15, 0.2) is 0 Å². The van der Waals surface area contributed by atoms with Crippen LogP contribution in [-0.4, -0.2) is 55.5 Å². The molecule has 0 amide bonds. The van der Waals surface area contributed by atoms with Crippen LogP contribution < -0.4 is 0 Å². The minimum atomic E-state index is -5.94. The Labute approximate surface area is 142 Å². The van der Waals surface area contributed by atoms with E-state index in [1.54, 1.807) is 0 Å². The third-order valence-corrected chi connectivity index (χ3v) is 4.28. The van der Waals surface area contributed by atoms with Crippen LogP contribution in [0.5, 0.6) is 0 Å². The van der Waals surface area contributed by atoms with Crippen molar-refractivity contribution in [3.8, 4) is 0 Å². The van der Waals surface area contributed by atoms with Crippen molar-refractivity contribution < 1.29 is 50.3 Å². The van der Waals surface area contributed by atoms with Gasteiger partial charge in [-0.3, -0.25) is 14.1 Å². The zero-order valence-electron chi connectivity index (χ0n) is 13.3. The maximum atomic E-state index is 12.9. The lowest BCUT2D eigenvalue weighted by atomic mass is 9.87. The lowest BCUT2D eigenvalue weighted by molar-refractivity contribution is -0.166. The number of esters is 3. The molecule has 0 radical (unpaired) electrons. The predicted octanol–water partition coefficient (Wildman–Crippen LogP) is 0.675.